The summed E-state index contributed by atoms with van der Waals surface area (Å²) in [5, 5.41) is 11.4. The molecule has 0 spiro atoms. The number of aromatic amines is 2. The number of likely N-dealkylation sites (tertiary alicyclic amines) is 1. The summed E-state index contributed by atoms with van der Waals surface area (Å²) in [6.45, 7) is 3.75. The summed E-state index contributed by atoms with van der Waals surface area (Å²) in [4.78, 5) is 23.4. The summed E-state index contributed by atoms with van der Waals surface area (Å²) in [6, 6.07) is 6.55. The van der Waals surface area contributed by atoms with Crippen molar-refractivity contribution in [3.8, 4) is 11.5 Å². The number of nitrogens with one attached hydrogen (secondary N) is 3. The molecule has 8 nitrogen and oxygen atoms in total. The van der Waals surface area contributed by atoms with E-state index in [0.29, 0.717) is 22.7 Å². The maximum absolute atomic E-state index is 14.0. The molecule has 1 fully saturated rings. The van der Waals surface area contributed by atoms with Gasteiger partial charge < -0.3 is 10.2 Å². The minimum Gasteiger partial charge on any atom is -0.365 e. The molecular formula is C23H24FN7O. The lowest BCUT2D eigenvalue weighted by Gasteiger charge is -2.34. The molecule has 1 saturated heterocycles. The largest absolute Gasteiger partial charge is 0.365 e. The maximum Gasteiger partial charge on any atom is 0.340 e. The molecule has 2 aromatic heterocycles. The Balaban J connectivity index is 1.42. The van der Waals surface area contributed by atoms with E-state index in [-0.39, 0.29) is 18.0 Å². The molecule has 2 aliphatic rings. The number of H-pyrrole nitrogens is 2. The van der Waals surface area contributed by atoms with Crippen LogP contribution in [-0.2, 0) is 0 Å². The molecule has 9 heteroatoms. The molecule has 0 amide bonds. The highest BCUT2D eigenvalue weighted by molar-refractivity contribution is 5.94. The Bertz CT molecular complexity index is 1270. The van der Waals surface area contributed by atoms with Crippen LogP contribution in [0.3, 0.4) is 0 Å². The zero-order valence-corrected chi connectivity index (χ0v) is 17.6. The van der Waals surface area contributed by atoms with Gasteiger partial charge in [-0.05, 0) is 49.1 Å². The third-order valence-corrected chi connectivity index (χ3v) is 5.75. The Labute approximate surface area is 184 Å². The SMILES string of the molecule is CC=CN1C=CC=CC1N1CC[C@H](Nc2nc(-c3n[nH]c(=O)[nH]3)cc3ccc(F)cc23)C1. The van der Waals surface area contributed by atoms with Gasteiger partial charge in [0.05, 0.1) is 0 Å². The molecule has 4 heterocycles. The van der Waals surface area contributed by atoms with E-state index < -0.39 is 5.69 Å². The number of nitrogens with zero attached hydrogens (tertiary/aromatic N) is 4. The van der Waals surface area contributed by atoms with E-state index in [1.54, 1.807) is 12.1 Å². The van der Waals surface area contributed by atoms with Gasteiger partial charge in [0.1, 0.15) is 23.5 Å². The molecule has 0 saturated carbocycles. The second-order valence-electron chi connectivity index (χ2n) is 7.94. The van der Waals surface area contributed by atoms with Crippen LogP contribution in [-0.4, -0.2) is 55.3 Å². The summed E-state index contributed by atoms with van der Waals surface area (Å²) in [7, 11) is 0. The molecule has 2 atom stereocenters. The van der Waals surface area contributed by atoms with Crippen molar-refractivity contribution in [3.05, 3.63) is 77.3 Å². The van der Waals surface area contributed by atoms with E-state index in [2.05, 4.69) is 59.8 Å². The van der Waals surface area contributed by atoms with Crippen molar-refractivity contribution >= 4 is 16.6 Å². The van der Waals surface area contributed by atoms with Crippen LogP contribution in [0.25, 0.3) is 22.3 Å². The molecule has 3 aromatic rings. The number of pyridine rings is 1. The van der Waals surface area contributed by atoms with Crippen molar-refractivity contribution in [1.82, 2.24) is 30.0 Å². The molecule has 0 aliphatic carbocycles. The van der Waals surface area contributed by atoms with Crippen molar-refractivity contribution in [2.24, 2.45) is 0 Å². The Kier molecular flexibility index (Phi) is 5.32. The quantitative estimate of drug-likeness (QED) is 0.572. The van der Waals surface area contributed by atoms with Crippen LogP contribution in [0.4, 0.5) is 10.2 Å². The van der Waals surface area contributed by atoms with E-state index >= 15 is 0 Å². The topological polar surface area (TPSA) is 92.9 Å². The van der Waals surface area contributed by atoms with Gasteiger partial charge in [-0.2, -0.15) is 5.10 Å². The molecule has 5 rings (SSSR count). The molecule has 0 bridgehead atoms. The summed E-state index contributed by atoms with van der Waals surface area (Å²) in [5.41, 5.74) is 0.113. The van der Waals surface area contributed by atoms with Gasteiger partial charge in [0.2, 0.25) is 0 Å². The smallest absolute Gasteiger partial charge is 0.340 e. The van der Waals surface area contributed by atoms with Crippen molar-refractivity contribution in [2.75, 3.05) is 18.4 Å². The average Bonchev–Trinajstić information content (AvgIpc) is 3.44. The van der Waals surface area contributed by atoms with Crippen molar-refractivity contribution in [2.45, 2.75) is 25.6 Å². The van der Waals surface area contributed by atoms with E-state index in [9.17, 15) is 9.18 Å². The Hall–Kier alpha value is -3.72. The molecule has 3 N–H and O–H groups in total. The number of anilines is 1. The number of allylic oxidation sites excluding steroid dienone is 3. The fourth-order valence-electron chi connectivity index (χ4n) is 4.30. The number of rotatable bonds is 5. The van der Waals surface area contributed by atoms with Crippen LogP contribution in [0.2, 0.25) is 0 Å². The van der Waals surface area contributed by atoms with Gasteiger partial charge in [-0.25, -0.2) is 19.3 Å². The van der Waals surface area contributed by atoms with Gasteiger partial charge in [-0.1, -0.05) is 18.2 Å². The first-order valence-electron chi connectivity index (χ1n) is 10.6. The highest BCUT2D eigenvalue weighted by Gasteiger charge is 2.30. The highest BCUT2D eigenvalue weighted by atomic mass is 19.1. The summed E-state index contributed by atoms with van der Waals surface area (Å²) in [5.74, 6) is 0.605. The van der Waals surface area contributed by atoms with Gasteiger partial charge in [0.25, 0.3) is 0 Å². The zero-order valence-electron chi connectivity index (χ0n) is 17.6. The predicted octanol–water partition coefficient (Wildman–Crippen LogP) is 3.18. The lowest BCUT2D eigenvalue weighted by molar-refractivity contribution is 0.173. The summed E-state index contributed by atoms with van der Waals surface area (Å²) in [6.07, 6.45) is 13.5. The fourth-order valence-corrected chi connectivity index (χ4v) is 4.30. The van der Waals surface area contributed by atoms with Gasteiger partial charge in [-0.3, -0.25) is 9.88 Å². The number of hydrogen-bond acceptors (Lipinski definition) is 6. The number of halogens is 1. The highest BCUT2D eigenvalue weighted by Crippen LogP contribution is 2.29. The van der Waals surface area contributed by atoms with Crippen molar-refractivity contribution in [1.29, 1.82) is 0 Å². The van der Waals surface area contributed by atoms with Crippen molar-refractivity contribution in [3.63, 3.8) is 0 Å². The third-order valence-electron chi connectivity index (χ3n) is 5.75. The van der Waals surface area contributed by atoms with Crippen LogP contribution in [0.1, 0.15) is 13.3 Å². The lowest BCUT2D eigenvalue weighted by Crippen LogP contribution is -2.43. The Morgan fingerprint density at radius 1 is 1.28 bits per heavy atom. The molecule has 1 aromatic carbocycles. The Morgan fingerprint density at radius 2 is 2.19 bits per heavy atom. The minimum absolute atomic E-state index is 0.147. The molecule has 32 heavy (non-hydrogen) atoms. The first kappa shape index (κ1) is 20.2. The standard InChI is InChI=1S/C23H24FN7O/c1-2-9-30-10-4-3-5-20(30)31-11-8-17(14-31)25-21-18-13-16(24)7-6-15(18)12-19(26-21)22-27-23(32)29-28-22/h2-7,9-10,12-13,17,20H,8,11,14H2,1H3,(H,25,26)(H2,27,28,29,32)/t17-,20?/m0/s1. The van der Waals surface area contributed by atoms with Gasteiger partial charge in [0.15, 0.2) is 5.82 Å². The number of hydrogen-bond donors (Lipinski definition) is 3. The van der Waals surface area contributed by atoms with Crippen molar-refractivity contribution < 1.29 is 4.39 Å². The third kappa shape index (κ3) is 3.94. The van der Waals surface area contributed by atoms with E-state index in [0.717, 1.165) is 24.9 Å². The van der Waals surface area contributed by atoms with Crippen LogP contribution < -0.4 is 11.0 Å². The second kappa shape index (κ2) is 8.43. The molecular weight excluding hydrogens is 409 g/mol. The first-order valence-corrected chi connectivity index (χ1v) is 10.6. The predicted molar refractivity (Wildman–Crippen MR) is 122 cm³/mol. The minimum atomic E-state index is -0.401. The fraction of sp³-hybridized carbons (Fsp3) is 0.261. The van der Waals surface area contributed by atoms with Crippen LogP contribution in [0.5, 0.6) is 0 Å². The van der Waals surface area contributed by atoms with Crippen LogP contribution in [0.15, 0.2) is 65.8 Å². The molecule has 0 radical (unpaired) electrons. The number of fused-ring (bicyclic) bond motifs is 1. The van der Waals surface area contributed by atoms with Crippen LogP contribution >= 0.6 is 0 Å². The lowest BCUT2D eigenvalue weighted by atomic mass is 10.1. The molecule has 2 aliphatic heterocycles. The molecule has 1 unspecified atom stereocenters. The van der Waals surface area contributed by atoms with E-state index in [4.69, 9.17) is 0 Å². The summed E-state index contributed by atoms with van der Waals surface area (Å²) >= 11 is 0. The monoisotopic (exact) mass is 433 g/mol. The number of aromatic nitrogens is 4. The zero-order chi connectivity index (χ0) is 22.1. The second-order valence-corrected chi connectivity index (χ2v) is 7.94. The van der Waals surface area contributed by atoms with Gasteiger partial charge in [0, 0.05) is 36.9 Å². The van der Waals surface area contributed by atoms with Crippen LogP contribution in [0, 0.1) is 5.82 Å². The average molecular weight is 433 g/mol. The Morgan fingerprint density at radius 3 is 3.00 bits per heavy atom. The number of benzene rings is 1. The normalized spacial score (nSPS) is 21.2. The molecule has 164 valence electrons. The van der Waals surface area contributed by atoms with E-state index in [1.807, 2.05) is 19.1 Å². The van der Waals surface area contributed by atoms with E-state index in [1.165, 1.54) is 12.1 Å². The van der Waals surface area contributed by atoms with Gasteiger partial charge >= 0.3 is 5.69 Å². The first-order chi connectivity index (χ1) is 15.6. The maximum atomic E-state index is 14.0. The summed E-state index contributed by atoms with van der Waals surface area (Å²) < 4.78 is 14.0. The van der Waals surface area contributed by atoms with Gasteiger partial charge in [-0.15, -0.1) is 0 Å².